The summed E-state index contributed by atoms with van der Waals surface area (Å²) in [5, 5.41) is 6.97. The number of hydrogen-bond donors (Lipinski definition) is 1. The monoisotopic (exact) mass is 215 g/mol. The Bertz CT molecular complexity index is 543. The molecular weight excluding hydrogens is 202 g/mol. The number of nitrogens with one attached hydrogen (secondary N) is 1. The topological polar surface area (TPSA) is 46.9 Å². The van der Waals surface area contributed by atoms with Crippen LogP contribution in [0.3, 0.4) is 0 Å². The lowest BCUT2D eigenvalue weighted by molar-refractivity contribution is 0.808. The van der Waals surface area contributed by atoms with E-state index in [1.165, 1.54) is 10.7 Å². The van der Waals surface area contributed by atoms with Gasteiger partial charge in [-0.05, 0) is 19.1 Å². The fraction of sp³-hybridized carbons (Fsp3) is 0.167. The summed E-state index contributed by atoms with van der Waals surface area (Å²) in [4.78, 5) is 11.7. The summed E-state index contributed by atoms with van der Waals surface area (Å²) in [6.07, 6.45) is 1.63. The zero-order valence-corrected chi connectivity index (χ0v) is 9.27. The Morgan fingerprint density at radius 2 is 1.94 bits per heavy atom. The van der Waals surface area contributed by atoms with Gasteiger partial charge in [-0.2, -0.15) is 9.78 Å². The Kier molecular flexibility index (Phi) is 2.72. The van der Waals surface area contributed by atoms with Gasteiger partial charge in [0.25, 0.3) is 5.56 Å². The number of benzene rings is 1. The second-order valence-electron chi connectivity index (χ2n) is 3.58. The average Bonchev–Trinajstić information content (AvgIpc) is 2.30. The number of anilines is 1. The molecule has 0 aliphatic carbocycles. The first-order chi connectivity index (χ1) is 7.70. The fourth-order valence-electron chi connectivity index (χ4n) is 1.42. The summed E-state index contributed by atoms with van der Waals surface area (Å²) < 4.78 is 1.38. The molecule has 0 fully saturated rings. The maximum atomic E-state index is 11.7. The van der Waals surface area contributed by atoms with E-state index in [1.807, 2.05) is 31.2 Å². The molecule has 1 aromatic heterocycles. The maximum Gasteiger partial charge on any atom is 0.273 e. The fourth-order valence-corrected chi connectivity index (χ4v) is 1.42. The van der Waals surface area contributed by atoms with Crippen molar-refractivity contribution >= 4 is 5.69 Å². The Balaban J connectivity index is 2.48. The predicted octanol–water partition coefficient (Wildman–Crippen LogP) is 1.58. The molecular formula is C12H13N3O. The zero-order chi connectivity index (χ0) is 11.5. The van der Waals surface area contributed by atoms with Gasteiger partial charge in [-0.1, -0.05) is 17.7 Å². The minimum absolute atomic E-state index is 0.143. The second-order valence-corrected chi connectivity index (χ2v) is 3.58. The lowest BCUT2D eigenvalue weighted by Crippen LogP contribution is -2.20. The van der Waals surface area contributed by atoms with Crippen LogP contribution in [-0.4, -0.2) is 16.8 Å². The van der Waals surface area contributed by atoms with E-state index in [2.05, 4.69) is 10.4 Å². The van der Waals surface area contributed by atoms with E-state index in [0.717, 1.165) is 11.3 Å². The van der Waals surface area contributed by atoms with E-state index in [-0.39, 0.29) is 5.56 Å². The third-order valence-electron chi connectivity index (χ3n) is 2.37. The number of nitrogens with zero attached hydrogens (tertiary/aromatic N) is 2. The predicted molar refractivity (Wildman–Crippen MR) is 64.1 cm³/mol. The highest BCUT2D eigenvalue weighted by Crippen LogP contribution is 2.06. The van der Waals surface area contributed by atoms with Crippen molar-refractivity contribution in [2.45, 2.75) is 6.92 Å². The van der Waals surface area contributed by atoms with Gasteiger partial charge in [-0.15, -0.1) is 0 Å². The Labute approximate surface area is 93.5 Å². The highest BCUT2D eigenvalue weighted by Gasteiger charge is 2.01. The standard InChI is InChI=1S/C12H13N3O/c1-9-3-5-11(6-4-9)15-12(16)7-10(13-2)8-14-15/h3-8,13H,1-2H3. The van der Waals surface area contributed by atoms with Gasteiger partial charge in [0.15, 0.2) is 0 Å². The van der Waals surface area contributed by atoms with Gasteiger partial charge in [0.2, 0.25) is 0 Å². The first kappa shape index (κ1) is 10.4. The van der Waals surface area contributed by atoms with Crippen LogP contribution in [0.5, 0.6) is 0 Å². The third-order valence-corrected chi connectivity index (χ3v) is 2.37. The van der Waals surface area contributed by atoms with Crippen LogP contribution in [0.15, 0.2) is 41.3 Å². The molecule has 1 aromatic carbocycles. The van der Waals surface area contributed by atoms with Gasteiger partial charge in [-0.25, -0.2) is 0 Å². The van der Waals surface area contributed by atoms with Crippen LogP contribution < -0.4 is 10.9 Å². The van der Waals surface area contributed by atoms with E-state index >= 15 is 0 Å². The van der Waals surface area contributed by atoms with Crippen molar-refractivity contribution in [3.63, 3.8) is 0 Å². The van der Waals surface area contributed by atoms with Gasteiger partial charge in [-0.3, -0.25) is 4.79 Å². The lowest BCUT2D eigenvalue weighted by Gasteiger charge is -2.05. The van der Waals surface area contributed by atoms with E-state index < -0.39 is 0 Å². The van der Waals surface area contributed by atoms with Crippen LogP contribution in [0.2, 0.25) is 0 Å². The molecule has 2 aromatic rings. The second kappa shape index (κ2) is 4.18. The summed E-state index contributed by atoms with van der Waals surface area (Å²) in [5.41, 5.74) is 2.51. The number of rotatable bonds is 2. The largest absolute Gasteiger partial charge is 0.387 e. The summed E-state index contributed by atoms with van der Waals surface area (Å²) >= 11 is 0. The highest BCUT2D eigenvalue weighted by atomic mass is 16.1. The van der Waals surface area contributed by atoms with Gasteiger partial charge in [0.05, 0.1) is 17.6 Å². The summed E-state index contributed by atoms with van der Waals surface area (Å²) in [5.74, 6) is 0. The van der Waals surface area contributed by atoms with Gasteiger partial charge < -0.3 is 5.32 Å². The molecule has 0 saturated carbocycles. The quantitative estimate of drug-likeness (QED) is 0.827. The molecule has 0 bridgehead atoms. The molecule has 0 aliphatic heterocycles. The van der Waals surface area contributed by atoms with Crippen LogP contribution in [0.1, 0.15) is 5.56 Å². The van der Waals surface area contributed by atoms with Crippen LogP contribution in [0.25, 0.3) is 5.69 Å². The first-order valence-electron chi connectivity index (χ1n) is 5.05. The molecule has 1 N–H and O–H groups in total. The molecule has 4 heteroatoms. The summed E-state index contributed by atoms with van der Waals surface area (Å²) in [7, 11) is 1.76. The Morgan fingerprint density at radius 3 is 2.50 bits per heavy atom. The molecule has 16 heavy (non-hydrogen) atoms. The molecule has 0 atom stereocenters. The minimum atomic E-state index is -0.143. The summed E-state index contributed by atoms with van der Waals surface area (Å²) in [6.45, 7) is 2.00. The van der Waals surface area contributed by atoms with E-state index in [9.17, 15) is 4.79 Å². The summed E-state index contributed by atoms with van der Waals surface area (Å²) in [6, 6.07) is 9.18. The van der Waals surface area contributed by atoms with Crippen molar-refractivity contribution < 1.29 is 0 Å². The van der Waals surface area contributed by atoms with E-state index in [4.69, 9.17) is 0 Å². The van der Waals surface area contributed by atoms with Crippen LogP contribution in [0.4, 0.5) is 5.69 Å². The van der Waals surface area contributed by atoms with Gasteiger partial charge in [0, 0.05) is 13.1 Å². The molecule has 4 nitrogen and oxygen atoms in total. The molecule has 0 aliphatic rings. The molecule has 0 amide bonds. The first-order valence-corrected chi connectivity index (χ1v) is 5.05. The molecule has 0 radical (unpaired) electrons. The highest BCUT2D eigenvalue weighted by molar-refractivity contribution is 5.40. The van der Waals surface area contributed by atoms with Crippen molar-refractivity contribution in [1.82, 2.24) is 9.78 Å². The van der Waals surface area contributed by atoms with Crippen LogP contribution in [0, 0.1) is 6.92 Å². The lowest BCUT2D eigenvalue weighted by atomic mass is 10.2. The molecule has 0 spiro atoms. The van der Waals surface area contributed by atoms with Gasteiger partial charge in [0.1, 0.15) is 0 Å². The number of hydrogen-bond acceptors (Lipinski definition) is 3. The van der Waals surface area contributed by atoms with Crippen molar-refractivity contribution in [2.75, 3.05) is 12.4 Å². The molecule has 82 valence electrons. The zero-order valence-electron chi connectivity index (χ0n) is 9.27. The van der Waals surface area contributed by atoms with Crippen molar-refractivity contribution in [3.05, 3.63) is 52.4 Å². The Hall–Kier alpha value is -2.10. The van der Waals surface area contributed by atoms with Crippen LogP contribution in [-0.2, 0) is 0 Å². The molecule has 0 unspecified atom stereocenters. The van der Waals surface area contributed by atoms with Crippen molar-refractivity contribution in [2.24, 2.45) is 0 Å². The van der Waals surface area contributed by atoms with E-state index in [0.29, 0.717) is 5.69 Å². The average molecular weight is 215 g/mol. The smallest absolute Gasteiger partial charge is 0.273 e. The Morgan fingerprint density at radius 1 is 1.25 bits per heavy atom. The SMILES string of the molecule is CNc1cnn(-c2ccc(C)cc2)c(=O)c1. The number of aromatic nitrogens is 2. The number of aryl methyl sites for hydroxylation is 1. The maximum absolute atomic E-state index is 11.7. The normalized spacial score (nSPS) is 10.1. The van der Waals surface area contributed by atoms with Crippen molar-refractivity contribution in [3.8, 4) is 5.69 Å². The third kappa shape index (κ3) is 1.95. The van der Waals surface area contributed by atoms with Crippen LogP contribution >= 0.6 is 0 Å². The van der Waals surface area contributed by atoms with Crippen molar-refractivity contribution in [1.29, 1.82) is 0 Å². The van der Waals surface area contributed by atoms with E-state index in [1.54, 1.807) is 13.2 Å². The molecule has 1 heterocycles. The molecule has 0 saturated heterocycles. The minimum Gasteiger partial charge on any atom is -0.387 e. The van der Waals surface area contributed by atoms with Gasteiger partial charge >= 0.3 is 0 Å². The molecule has 2 rings (SSSR count).